The van der Waals surface area contributed by atoms with E-state index >= 15 is 0 Å². The van der Waals surface area contributed by atoms with Gasteiger partial charge in [0, 0.05) is 0 Å². The van der Waals surface area contributed by atoms with Crippen LogP contribution in [0.15, 0.2) is 47.4 Å². The normalized spacial score (nSPS) is 11.1. The number of carboxylic acids is 1. The second kappa shape index (κ2) is 5.93. The number of hydrogen-bond donors (Lipinski definition) is 0. The molecule has 2 aromatic carbocycles. The number of aromatic carboxylic acids is 1. The van der Waals surface area contributed by atoms with E-state index in [4.69, 9.17) is 27.4 Å². The Balaban J connectivity index is 2.33. The van der Waals surface area contributed by atoms with Crippen LogP contribution in [0.25, 0.3) is 0 Å². The first-order chi connectivity index (χ1) is 9.81. The van der Waals surface area contributed by atoms with E-state index < -0.39 is 16.1 Å². The van der Waals surface area contributed by atoms with Gasteiger partial charge in [0.05, 0.1) is 16.0 Å². The number of carbonyl (C=O) groups excluding carboxylic acids is 1. The molecule has 0 unspecified atom stereocenters. The van der Waals surface area contributed by atoms with E-state index in [9.17, 15) is 18.3 Å². The van der Waals surface area contributed by atoms with Crippen LogP contribution in [0.1, 0.15) is 10.4 Å². The third-order valence-electron chi connectivity index (χ3n) is 2.48. The molecular weight excluding hydrogens is 339 g/mol. The first-order valence-corrected chi connectivity index (χ1v) is 7.67. The molecular formula is C13H7Cl2O5S-. The Morgan fingerprint density at radius 2 is 1.67 bits per heavy atom. The number of carbonyl (C=O) groups is 1. The van der Waals surface area contributed by atoms with Gasteiger partial charge in [0.25, 0.3) is 0 Å². The fraction of sp³-hybridized carbons (Fsp3) is 0. The lowest BCUT2D eigenvalue weighted by Crippen LogP contribution is -2.22. The van der Waals surface area contributed by atoms with E-state index in [1.807, 2.05) is 0 Å². The van der Waals surface area contributed by atoms with E-state index in [0.717, 1.165) is 0 Å². The Hall–Kier alpha value is -1.76. The first-order valence-electron chi connectivity index (χ1n) is 5.51. The average molecular weight is 346 g/mol. The van der Waals surface area contributed by atoms with E-state index in [1.165, 1.54) is 42.5 Å². The fourth-order valence-corrected chi connectivity index (χ4v) is 3.16. The lowest BCUT2D eigenvalue weighted by molar-refractivity contribution is -0.255. The third kappa shape index (κ3) is 3.47. The molecule has 5 nitrogen and oxygen atoms in total. The molecule has 0 aromatic heterocycles. The van der Waals surface area contributed by atoms with Crippen molar-refractivity contribution in [2.24, 2.45) is 0 Å². The molecule has 0 amide bonds. The lowest BCUT2D eigenvalue weighted by Gasteiger charge is -2.10. The monoisotopic (exact) mass is 345 g/mol. The number of hydrogen-bond acceptors (Lipinski definition) is 5. The van der Waals surface area contributed by atoms with Crippen LogP contribution >= 0.6 is 23.2 Å². The SMILES string of the molecule is O=C([O-])c1ccc(OS(=O)(=O)c2cccc(Cl)c2Cl)cc1. The van der Waals surface area contributed by atoms with Gasteiger partial charge < -0.3 is 14.1 Å². The van der Waals surface area contributed by atoms with Crippen LogP contribution in [-0.2, 0) is 10.1 Å². The summed E-state index contributed by atoms with van der Waals surface area (Å²) < 4.78 is 29.1. The lowest BCUT2D eigenvalue weighted by atomic mass is 10.2. The van der Waals surface area contributed by atoms with Gasteiger partial charge in [0.1, 0.15) is 10.6 Å². The molecule has 0 aliphatic rings. The van der Waals surface area contributed by atoms with Crippen molar-refractivity contribution >= 4 is 39.3 Å². The van der Waals surface area contributed by atoms with Crippen molar-refractivity contribution in [1.82, 2.24) is 0 Å². The van der Waals surface area contributed by atoms with Crippen LogP contribution in [0.4, 0.5) is 0 Å². The molecule has 0 radical (unpaired) electrons. The predicted octanol–water partition coefficient (Wildman–Crippen LogP) is 2.12. The van der Waals surface area contributed by atoms with Crippen molar-refractivity contribution in [3.8, 4) is 5.75 Å². The van der Waals surface area contributed by atoms with Crippen molar-refractivity contribution in [3.05, 3.63) is 58.1 Å². The van der Waals surface area contributed by atoms with Crippen molar-refractivity contribution in [2.45, 2.75) is 4.90 Å². The minimum absolute atomic E-state index is 0.0592. The van der Waals surface area contributed by atoms with Crippen LogP contribution in [0, 0.1) is 0 Å². The highest BCUT2D eigenvalue weighted by Gasteiger charge is 2.21. The van der Waals surface area contributed by atoms with Gasteiger partial charge in [-0.25, -0.2) is 0 Å². The minimum Gasteiger partial charge on any atom is -0.545 e. The predicted molar refractivity (Wildman–Crippen MR) is 75.0 cm³/mol. The average Bonchev–Trinajstić information content (AvgIpc) is 2.41. The molecule has 0 saturated carbocycles. The highest BCUT2D eigenvalue weighted by molar-refractivity contribution is 7.87. The van der Waals surface area contributed by atoms with Crippen molar-refractivity contribution in [2.75, 3.05) is 0 Å². The van der Waals surface area contributed by atoms with Gasteiger partial charge >= 0.3 is 10.1 Å². The van der Waals surface area contributed by atoms with Gasteiger partial charge in [-0.2, -0.15) is 8.42 Å². The number of benzene rings is 2. The molecule has 8 heteroatoms. The third-order valence-corrected chi connectivity index (χ3v) is 4.70. The summed E-state index contributed by atoms with van der Waals surface area (Å²) in [6, 6.07) is 8.84. The van der Waals surface area contributed by atoms with Crippen molar-refractivity contribution in [1.29, 1.82) is 0 Å². The number of carboxylic acid groups (broad SMARTS) is 1. The number of rotatable bonds is 4. The molecule has 21 heavy (non-hydrogen) atoms. The van der Waals surface area contributed by atoms with Gasteiger partial charge in [-0.15, -0.1) is 0 Å². The zero-order valence-corrected chi connectivity index (χ0v) is 12.6. The molecule has 0 bridgehead atoms. The summed E-state index contributed by atoms with van der Waals surface area (Å²) in [5, 5.41) is 10.5. The second-order valence-corrected chi connectivity index (χ2v) is 6.20. The zero-order chi connectivity index (χ0) is 15.6. The molecule has 0 spiro atoms. The highest BCUT2D eigenvalue weighted by atomic mass is 35.5. The van der Waals surface area contributed by atoms with Crippen molar-refractivity contribution in [3.63, 3.8) is 0 Å². The maximum atomic E-state index is 12.1. The summed E-state index contributed by atoms with van der Waals surface area (Å²) >= 11 is 11.6. The molecule has 0 aliphatic heterocycles. The highest BCUT2D eigenvalue weighted by Crippen LogP contribution is 2.30. The molecule has 0 atom stereocenters. The van der Waals surface area contributed by atoms with E-state index in [-0.39, 0.29) is 26.3 Å². The summed E-state index contributed by atoms with van der Waals surface area (Å²) in [5.74, 6) is -1.43. The van der Waals surface area contributed by atoms with Crippen LogP contribution in [0.2, 0.25) is 10.0 Å². The minimum atomic E-state index is -4.18. The smallest absolute Gasteiger partial charge is 0.340 e. The largest absolute Gasteiger partial charge is 0.545 e. The topological polar surface area (TPSA) is 83.5 Å². The summed E-state index contributed by atoms with van der Waals surface area (Å²) in [4.78, 5) is 10.3. The Morgan fingerprint density at radius 1 is 1.05 bits per heavy atom. The fourth-order valence-electron chi connectivity index (χ4n) is 1.50. The van der Waals surface area contributed by atoms with Gasteiger partial charge in [-0.3, -0.25) is 0 Å². The van der Waals surface area contributed by atoms with E-state index in [1.54, 1.807) is 0 Å². The Kier molecular flexibility index (Phi) is 4.41. The molecule has 2 aromatic rings. The quantitative estimate of drug-likeness (QED) is 0.792. The van der Waals surface area contributed by atoms with E-state index in [0.29, 0.717) is 0 Å². The molecule has 0 aliphatic carbocycles. The summed E-state index contributed by atoms with van der Waals surface area (Å²) in [6.07, 6.45) is 0. The standard InChI is InChI=1S/C13H8Cl2O5S/c14-10-2-1-3-11(12(10)15)21(18,19)20-9-6-4-8(5-7-9)13(16)17/h1-7H,(H,16,17)/p-1. The van der Waals surface area contributed by atoms with Crippen molar-refractivity contribution < 1.29 is 22.5 Å². The first kappa shape index (κ1) is 15.6. The Morgan fingerprint density at radius 3 is 2.24 bits per heavy atom. The van der Waals surface area contributed by atoms with Crippen LogP contribution < -0.4 is 9.29 Å². The summed E-state index contributed by atoms with van der Waals surface area (Å²) in [7, 11) is -4.18. The summed E-state index contributed by atoms with van der Waals surface area (Å²) in [6.45, 7) is 0. The molecule has 110 valence electrons. The maximum Gasteiger partial charge on any atom is 0.340 e. The maximum absolute atomic E-state index is 12.1. The number of halogens is 2. The van der Waals surface area contributed by atoms with Crippen LogP contribution in [0.5, 0.6) is 5.75 Å². The van der Waals surface area contributed by atoms with Gasteiger partial charge in [0.15, 0.2) is 0 Å². The van der Waals surface area contributed by atoms with E-state index in [2.05, 4.69) is 0 Å². The molecule has 2 rings (SSSR count). The molecule has 0 saturated heterocycles. The second-order valence-electron chi connectivity index (χ2n) is 3.90. The van der Waals surface area contributed by atoms with Gasteiger partial charge in [0.2, 0.25) is 0 Å². The molecule has 0 heterocycles. The zero-order valence-electron chi connectivity index (χ0n) is 10.2. The van der Waals surface area contributed by atoms with Gasteiger partial charge in [-0.1, -0.05) is 29.3 Å². The Labute approximate surface area is 130 Å². The van der Waals surface area contributed by atoms with Crippen LogP contribution in [-0.4, -0.2) is 14.4 Å². The molecule has 0 fully saturated rings. The molecule has 0 N–H and O–H groups in total. The van der Waals surface area contributed by atoms with Crippen LogP contribution in [0.3, 0.4) is 0 Å². The Bertz CT molecular complexity index is 785. The summed E-state index contributed by atoms with van der Waals surface area (Å²) in [5.41, 5.74) is -0.0967. The van der Waals surface area contributed by atoms with Gasteiger partial charge in [-0.05, 0) is 42.0 Å².